The van der Waals surface area contributed by atoms with Gasteiger partial charge in [-0.05, 0) is 20.4 Å². The fourth-order valence-corrected chi connectivity index (χ4v) is 0.630. The van der Waals surface area contributed by atoms with Crippen molar-refractivity contribution in [1.29, 1.82) is 0 Å². The Morgan fingerprint density at radius 2 is 2.18 bits per heavy atom. The first-order valence-electron chi connectivity index (χ1n) is 4.19. The normalized spacial score (nSPS) is 9.73. The third-order valence-electron chi connectivity index (χ3n) is 1.28. The second-order valence-electron chi connectivity index (χ2n) is 2.71. The highest BCUT2D eigenvalue weighted by molar-refractivity contribution is 4.92. The fraction of sp³-hybridized carbons (Fsp3) is 0.778. The molecule has 0 bridgehead atoms. The lowest BCUT2D eigenvalue weighted by atomic mass is 10.3. The molecule has 0 saturated carbocycles. The lowest BCUT2D eigenvalue weighted by molar-refractivity contribution is 0.164. The zero-order valence-electron chi connectivity index (χ0n) is 7.81. The van der Waals surface area contributed by atoms with Gasteiger partial charge in [-0.25, -0.2) is 0 Å². The SMILES string of the molecule is CCNCCOCC=C(C)C. The summed E-state index contributed by atoms with van der Waals surface area (Å²) in [6.07, 6.45) is 2.09. The number of hydrogen-bond donors (Lipinski definition) is 1. The molecule has 0 aliphatic carbocycles. The molecule has 2 nitrogen and oxygen atoms in total. The van der Waals surface area contributed by atoms with Gasteiger partial charge < -0.3 is 10.1 Å². The molecule has 0 heterocycles. The average Bonchev–Trinajstić information content (AvgIpc) is 1.96. The number of allylic oxidation sites excluding steroid dienone is 1. The summed E-state index contributed by atoms with van der Waals surface area (Å²) in [7, 11) is 0. The molecule has 2 heteroatoms. The van der Waals surface area contributed by atoms with Crippen molar-refractivity contribution in [2.45, 2.75) is 20.8 Å². The third-order valence-corrected chi connectivity index (χ3v) is 1.28. The smallest absolute Gasteiger partial charge is 0.0650 e. The zero-order chi connectivity index (χ0) is 8.53. The van der Waals surface area contributed by atoms with E-state index in [2.05, 4.69) is 32.2 Å². The van der Waals surface area contributed by atoms with Crippen LogP contribution in [0, 0.1) is 0 Å². The standard InChI is InChI=1S/C9H19NO/c1-4-10-6-8-11-7-5-9(2)3/h5,10H,4,6-8H2,1-3H3. The Morgan fingerprint density at radius 3 is 2.73 bits per heavy atom. The van der Waals surface area contributed by atoms with Gasteiger partial charge in [-0.3, -0.25) is 0 Å². The third kappa shape index (κ3) is 9.66. The number of nitrogens with one attached hydrogen (secondary N) is 1. The molecule has 66 valence electrons. The van der Waals surface area contributed by atoms with Gasteiger partial charge in [0.1, 0.15) is 0 Å². The molecule has 0 radical (unpaired) electrons. The Balaban J connectivity index is 2.97. The summed E-state index contributed by atoms with van der Waals surface area (Å²) in [6, 6.07) is 0. The zero-order valence-corrected chi connectivity index (χ0v) is 7.81. The second-order valence-corrected chi connectivity index (χ2v) is 2.71. The molecule has 0 unspecified atom stereocenters. The molecule has 0 atom stereocenters. The van der Waals surface area contributed by atoms with Crippen LogP contribution in [-0.4, -0.2) is 26.3 Å². The molecule has 0 amide bonds. The fourth-order valence-electron chi connectivity index (χ4n) is 0.630. The van der Waals surface area contributed by atoms with Crippen molar-refractivity contribution in [1.82, 2.24) is 5.32 Å². The predicted octanol–water partition coefficient (Wildman–Crippen LogP) is 1.58. The summed E-state index contributed by atoms with van der Waals surface area (Å²) in [4.78, 5) is 0. The van der Waals surface area contributed by atoms with Crippen molar-refractivity contribution < 1.29 is 4.74 Å². The van der Waals surface area contributed by atoms with E-state index in [1.165, 1.54) is 5.57 Å². The van der Waals surface area contributed by atoms with Crippen LogP contribution in [0.3, 0.4) is 0 Å². The van der Waals surface area contributed by atoms with Crippen LogP contribution in [0.1, 0.15) is 20.8 Å². The summed E-state index contributed by atoms with van der Waals surface area (Å²) in [5.41, 5.74) is 1.31. The Bertz CT molecular complexity index is 106. The summed E-state index contributed by atoms with van der Waals surface area (Å²) >= 11 is 0. The number of rotatable bonds is 6. The van der Waals surface area contributed by atoms with E-state index in [1.54, 1.807) is 0 Å². The van der Waals surface area contributed by atoms with E-state index in [0.717, 1.165) is 26.3 Å². The summed E-state index contributed by atoms with van der Waals surface area (Å²) in [5, 5.41) is 3.19. The highest BCUT2D eigenvalue weighted by Crippen LogP contribution is 1.87. The van der Waals surface area contributed by atoms with Gasteiger partial charge in [-0.1, -0.05) is 18.6 Å². The van der Waals surface area contributed by atoms with E-state index in [4.69, 9.17) is 4.74 Å². The van der Waals surface area contributed by atoms with Crippen molar-refractivity contribution in [2.24, 2.45) is 0 Å². The van der Waals surface area contributed by atoms with Crippen LogP contribution in [0.25, 0.3) is 0 Å². The maximum Gasteiger partial charge on any atom is 0.0650 e. The average molecular weight is 157 g/mol. The molecule has 0 saturated heterocycles. The number of hydrogen-bond acceptors (Lipinski definition) is 2. The van der Waals surface area contributed by atoms with Crippen LogP contribution in [0.15, 0.2) is 11.6 Å². The van der Waals surface area contributed by atoms with Gasteiger partial charge in [0.15, 0.2) is 0 Å². The van der Waals surface area contributed by atoms with E-state index >= 15 is 0 Å². The topological polar surface area (TPSA) is 21.3 Å². The molecule has 0 aromatic rings. The van der Waals surface area contributed by atoms with Crippen LogP contribution in [0.4, 0.5) is 0 Å². The Morgan fingerprint density at radius 1 is 1.45 bits per heavy atom. The molecule has 1 N–H and O–H groups in total. The first-order valence-corrected chi connectivity index (χ1v) is 4.19. The summed E-state index contributed by atoms with van der Waals surface area (Å²) in [5.74, 6) is 0. The molecule has 0 spiro atoms. The van der Waals surface area contributed by atoms with Crippen molar-refractivity contribution >= 4 is 0 Å². The molecular formula is C9H19NO. The predicted molar refractivity (Wildman–Crippen MR) is 48.8 cm³/mol. The quantitative estimate of drug-likeness (QED) is 0.467. The minimum absolute atomic E-state index is 0.744. The van der Waals surface area contributed by atoms with Crippen molar-refractivity contribution in [2.75, 3.05) is 26.3 Å². The molecule has 0 rings (SSSR count). The maximum absolute atomic E-state index is 5.31. The molecular weight excluding hydrogens is 138 g/mol. The van der Waals surface area contributed by atoms with Crippen LogP contribution in [0.2, 0.25) is 0 Å². The molecule has 0 aliphatic heterocycles. The van der Waals surface area contributed by atoms with E-state index < -0.39 is 0 Å². The minimum Gasteiger partial charge on any atom is -0.376 e. The van der Waals surface area contributed by atoms with Gasteiger partial charge in [-0.15, -0.1) is 0 Å². The molecule has 0 aromatic carbocycles. The second kappa shape index (κ2) is 7.76. The maximum atomic E-state index is 5.31. The number of likely N-dealkylation sites (N-methyl/N-ethyl adjacent to an activating group) is 1. The van der Waals surface area contributed by atoms with Crippen molar-refractivity contribution in [3.05, 3.63) is 11.6 Å². The van der Waals surface area contributed by atoms with Crippen LogP contribution in [-0.2, 0) is 4.74 Å². The summed E-state index contributed by atoms with van der Waals surface area (Å²) < 4.78 is 5.31. The molecule has 0 aromatic heterocycles. The monoisotopic (exact) mass is 157 g/mol. The van der Waals surface area contributed by atoms with Gasteiger partial charge in [0.25, 0.3) is 0 Å². The Labute approximate surface area is 69.6 Å². The first-order chi connectivity index (χ1) is 5.27. The Kier molecular flexibility index (Phi) is 7.52. The highest BCUT2D eigenvalue weighted by atomic mass is 16.5. The number of ether oxygens (including phenoxy) is 1. The van der Waals surface area contributed by atoms with Gasteiger partial charge in [0.05, 0.1) is 13.2 Å². The van der Waals surface area contributed by atoms with Gasteiger partial charge in [0.2, 0.25) is 0 Å². The Hall–Kier alpha value is -0.340. The van der Waals surface area contributed by atoms with Gasteiger partial charge in [-0.2, -0.15) is 0 Å². The summed E-state index contributed by atoms with van der Waals surface area (Å²) in [6.45, 7) is 9.77. The lowest BCUT2D eigenvalue weighted by Crippen LogP contribution is -2.18. The van der Waals surface area contributed by atoms with Crippen molar-refractivity contribution in [3.63, 3.8) is 0 Å². The van der Waals surface area contributed by atoms with E-state index in [1.807, 2.05) is 0 Å². The largest absolute Gasteiger partial charge is 0.376 e. The van der Waals surface area contributed by atoms with Crippen molar-refractivity contribution in [3.8, 4) is 0 Å². The molecule has 11 heavy (non-hydrogen) atoms. The minimum atomic E-state index is 0.744. The lowest BCUT2D eigenvalue weighted by Gasteiger charge is -2.01. The molecule has 0 aliphatic rings. The highest BCUT2D eigenvalue weighted by Gasteiger charge is 1.83. The van der Waals surface area contributed by atoms with Crippen LogP contribution in [0.5, 0.6) is 0 Å². The molecule has 0 fully saturated rings. The van der Waals surface area contributed by atoms with E-state index in [9.17, 15) is 0 Å². The van der Waals surface area contributed by atoms with Crippen LogP contribution >= 0.6 is 0 Å². The van der Waals surface area contributed by atoms with Gasteiger partial charge in [0, 0.05) is 6.54 Å². The van der Waals surface area contributed by atoms with E-state index in [-0.39, 0.29) is 0 Å². The van der Waals surface area contributed by atoms with Crippen LogP contribution < -0.4 is 5.32 Å². The van der Waals surface area contributed by atoms with Gasteiger partial charge >= 0.3 is 0 Å². The van der Waals surface area contributed by atoms with E-state index in [0.29, 0.717) is 0 Å². The first kappa shape index (κ1) is 10.7.